The van der Waals surface area contributed by atoms with Crippen LogP contribution in [0, 0.1) is 0 Å². The predicted molar refractivity (Wildman–Crippen MR) is 130 cm³/mol. The van der Waals surface area contributed by atoms with Crippen molar-refractivity contribution in [2.24, 2.45) is 0 Å². The topological polar surface area (TPSA) is 102 Å². The average Bonchev–Trinajstić information content (AvgIpc) is 2.89. The van der Waals surface area contributed by atoms with Crippen LogP contribution in [0.3, 0.4) is 0 Å². The van der Waals surface area contributed by atoms with Crippen LogP contribution in [0.4, 0.5) is 4.39 Å². The fourth-order valence-electron chi connectivity index (χ4n) is 2.33. The van der Waals surface area contributed by atoms with Gasteiger partial charge in [0.05, 0.1) is 138 Å². The Morgan fingerprint density at radius 2 is 0.528 bits per heavy atom. The summed E-state index contributed by atoms with van der Waals surface area (Å²) in [6.45, 7) is 13.0. The lowest BCUT2D eigenvalue weighted by Crippen LogP contribution is -2.15. The van der Waals surface area contributed by atoms with Crippen LogP contribution in [0.25, 0.3) is 0 Å². The van der Waals surface area contributed by atoms with Gasteiger partial charge in [-0.15, -0.1) is 0 Å². The van der Waals surface area contributed by atoms with Crippen molar-refractivity contribution in [1.82, 2.24) is 0 Å². The third-order valence-electron chi connectivity index (χ3n) is 4.03. The summed E-state index contributed by atoms with van der Waals surface area (Å²) in [5.41, 5.74) is 0. The zero-order valence-electron chi connectivity index (χ0n) is 21.7. The van der Waals surface area contributed by atoms with Gasteiger partial charge in [0, 0.05) is 0 Å². The van der Waals surface area contributed by atoms with Gasteiger partial charge in [0.15, 0.2) is 0 Å². The Morgan fingerprint density at radius 1 is 0.333 bits per heavy atom. The first-order valence-corrected chi connectivity index (χ1v) is 12.5. The van der Waals surface area contributed by atoms with Crippen LogP contribution < -0.4 is 0 Å². The zero-order valence-corrected chi connectivity index (χ0v) is 21.7. The lowest BCUT2D eigenvalue weighted by Gasteiger charge is -2.09. The van der Waals surface area contributed by atoms with E-state index in [0.29, 0.717) is 132 Å². The molecule has 0 aromatic carbocycles. The zero-order chi connectivity index (χ0) is 26.0. The molecule has 0 amide bonds. The van der Waals surface area contributed by atoms with E-state index in [1.807, 2.05) is 0 Å². The molecule has 216 valence electrons. The summed E-state index contributed by atoms with van der Waals surface area (Å²) >= 11 is 0. The molecule has 0 saturated heterocycles. The van der Waals surface area contributed by atoms with Gasteiger partial charge >= 0.3 is 0 Å². The molecule has 0 aliphatic carbocycles. The van der Waals surface area contributed by atoms with Crippen LogP contribution in [-0.2, 0) is 52.1 Å². The molecule has 11 nitrogen and oxygen atoms in total. The highest BCUT2D eigenvalue weighted by Crippen LogP contribution is 1.87. The van der Waals surface area contributed by atoms with Crippen LogP contribution in [-0.4, -0.2) is 145 Å². The largest absolute Gasteiger partial charge is 0.499 e. The molecule has 0 aromatic heterocycles. The lowest BCUT2D eigenvalue weighted by molar-refractivity contribution is -0.0269. The first kappa shape index (κ1) is 35.1. The number of rotatable bonds is 33. The predicted octanol–water partition coefficient (Wildman–Crippen LogP) is 1.28. The van der Waals surface area contributed by atoms with Gasteiger partial charge in [0.1, 0.15) is 13.3 Å². The first-order valence-electron chi connectivity index (χ1n) is 12.5. The van der Waals surface area contributed by atoms with E-state index in [4.69, 9.17) is 52.1 Å². The smallest absolute Gasteiger partial charge is 0.113 e. The summed E-state index contributed by atoms with van der Waals surface area (Å²) in [6.07, 6.45) is 1.39. The molecule has 0 spiro atoms. The molecular formula is C24H47FO11. The molecule has 0 radical (unpaired) electrons. The maximum Gasteiger partial charge on any atom is 0.113 e. The molecule has 0 aromatic rings. The second-order valence-electron chi connectivity index (χ2n) is 6.85. The highest BCUT2D eigenvalue weighted by atomic mass is 19.1. The fourth-order valence-corrected chi connectivity index (χ4v) is 2.33. The molecule has 0 saturated carbocycles. The number of ether oxygens (including phenoxy) is 11. The minimum Gasteiger partial charge on any atom is -0.499 e. The summed E-state index contributed by atoms with van der Waals surface area (Å²) < 4.78 is 70.1. The van der Waals surface area contributed by atoms with Gasteiger partial charge in [-0.25, -0.2) is 4.39 Å². The van der Waals surface area contributed by atoms with Crippen molar-refractivity contribution in [2.45, 2.75) is 0 Å². The molecule has 0 aliphatic heterocycles. The molecule has 0 fully saturated rings. The second kappa shape index (κ2) is 34.1. The van der Waals surface area contributed by atoms with Gasteiger partial charge in [-0.3, -0.25) is 0 Å². The van der Waals surface area contributed by atoms with E-state index in [1.54, 1.807) is 0 Å². The molecule has 0 heterocycles. The molecule has 0 atom stereocenters. The standard InChI is InChI=1S/C24H47FO11/c1-2-26-5-6-28-9-10-30-13-14-32-17-18-34-21-22-36-24-23-35-20-19-33-16-15-31-12-11-29-8-7-27-4-3-25/h2H,1,3-24H2. The third kappa shape index (κ3) is 33.1. The van der Waals surface area contributed by atoms with Crippen LogP contribution >= 0.6 is 0 Å². The van der Waals surface area contributed by atoms with Crippen molar-refractivity contribution in [2.75, 3.05) is 145 Å². The highest BCUT2D eigenvalue weighted by molar-refractivity contribution is 4.47. The Hall–Kier alpha value is -0.930. The number of halogens is 1. The molecule has 12 heteroatoms. The fraction of sp³-hybridized carbons (Fsp3) is 0.917. The Balaban J connectivity index is 3.00. The Labute approximate surface area is 215 Å². The lowest BCUT2D eigenvalue weighted by atomic mass is 10.6. The number of hydrogen-bond acceptors (Lipinski definition) is 11. The van der Waals surface area contributed by atoms with Crippen molar-refractivity contribution in [3.63, 3.8) is 0 Å². The van der Waals surface area contributed by atoms with E-state index in [1.165, 1.54) is 6.26 Å². The van der Waals surface area contributed by atoms with E-state index >= 15 is 0 Å². The molecule has 0 bridgehead atoms. The molecule has 36 heavy (non-hydrogen) atoms. The number of alkyl halides is 1. The van der Waals surface area contributed by atoms with Gasteiger partial charge < -0.3 is 52.1 Å². The molecule has 0 N–H and O–H groups in total. The minimum absolute atomic E-state index is 0.115. The quantitative estimate of drug-likeness (QED) is 0.0906. The monoisotopic (exact) mass is 530 g/mol. The molecular weight excluding hydrogens is 483 g/mol. The van der Waals surface area contributed by atoms with Crippen molar-refractivity contribution >= 4 is 0 Å². The summed E-state index contributed by atoms with van der Waals surface area (Å²) in [6, 6.07) is 0. The van der Waals surface area contributed by atoms with E-state index < -0.39 is 6.67 Å². The summed E-state index contributed by atoms with van der Waals surface area (Å²) in [5.74, 6) is 0. The molecule has 0 unspecified atom stereocenters. The van der Waals surface area contributed by atoms with Gasteiger partial charge in [-0.2, -0.15) is 0 Å². The Kier molecular flexibility index (Phi) is 33.2. The van der Waals surface area contributed by atoms with Crippen molar-refractivity contribution in [3.8, 4) is 0 Å². The van der Waals surface area contributed by atoms with E-state index in [9.17, 15) is 4.39 Å². The molecule has 0 rings (SSSR count). The van der Waals surface area contributed by atoms with Crippen molar-refractivity contribution in [3.05, 3.63) is 12.8 Å². The highest BCUT2D eigenvalue weighted by Gasteiger charge is 1.96. The SMILES string of the molecule is C=COCCOCCOCCOCCOCCOCCOCCOCCOCCOCCOCCF. The van der Waals surface area contributed by atoms with Crippen LogP contribution in [0.2, 0.25) is 0 Å². The third-order valence-corrected chi connectivity index (χ3v) is 4.03. The van der Waals surface area contributed by atoms with E-state index in [0.717, 1.165) is 0 Å². The average molecular weight is 531 g/mol. The van der Waals surface area contributed by atoms with Crippen molar-refractivity contribution < 1.29 is 56.5 Å². The molecule has 0 aliphatic rings. The first-order chi connectivity index (χ1) is 17.9. The maximum atomic E-state index is 11.8. The Morgan fingerprint density at radius 3 is 0.722 bits per heavy atom. The van der Waals surface area contributed by atoms with Gasteiger partial charge in [0.25, 0.3) is 0 Å². The van der Waals surface area contributed by atoms with Gasteiger partial charge in [0.2, 0.25) is 0 Å². The Bertz CT molecular complexity index is 408. The summed E-state index contributed by atoms with van der Waals surface area (Å²) in [5, 5.41) is 0. The normalized spacial score (nSPS) is 11.2. The van der Waals surface area contributed by atoms with Crippen molar-refractivity contribution in [1.29, 1.82) is 0 Å². The second-order valence-corrected chi connectivity index (χ2v) is 6.85. The van der Waals surface area contributed by atoms with Crippen LogP contribution in [0.1, 0.15) is 0 Å². The number of hydrogen-bond donors (Lipinski definition) is 0. The van der Waals surface area contributed by atoms with Gasteiger partial charge in [-0.1, -0.05) is 6.58 Å². The summed E-state index contributed by atoms with van der Waals surface area (Å²) in [4.78, 5) is 0. The maximum absolute atomic E-state index is 11.8. The van der Waals surface area contributed by atoms with Gasteiger partial charge in [-0.05, 0) is 0 Å². The summed E-state index contributed by atoms with van der Waals surface area (Å²) in [7, 11) is 0. The van der Waals surface area contributed by atoms with E-state index in [-0.39, 0.29) is 6.61 Å². The minimum atomic E-state index is -0.473. The van der Waals surface area contributed by atoms with Crippen LogP contribution in [0.5, 0.6) is 0 Å². The van der Waals surface area contributed by atoms with E-state index in [2.05, 4.69) is 6.58 Å². The van der Waals surface area contributed by atoms with Crippen LogP contribution in [0.15, 0.2) is 12.8 Å².